The van der Waals surface area contributed by atoms with Gasteiger partial charge < -0.3 is 10.5 Å². The first-order chi connectivity index (χ1) is 8.27. The number of ether oxygens (including phenoxy) is 1. The summed E-state index contributed by atoms with van der Waals surface area (Å²) in [5.41, 5.74) is 6.64. The van der Waals surface area contributed by atoms with Gasteiger partial charge in [0.1, 0.15) is 0 Å². The summed E-state index contributed by atoms with van der Waals surface area (Å²) in [6, 6.07) is 0.442. The van der Waals surface area contributed by atoms with Gasteiger partial charge in [0, 0.05) is 12.6 Å². The third kappa shape index (κ3) is 2.99. The highest BCUT2D eigenvalue weighted by atomic mass is 32.2. The first kappa shape index (κ1) is 12.3. The molecule has 3 aliphatic rings. The maximum absolute atomic E-state index is 6.42. The van der Waals surface area contributed by atoms with Crippen molar-refractivity contribution in [2.45, 2.75) is 56.6 Å². The van der Waals surface area contributed by atoms with Crippen molar-refractivity contribution in [3.8, 4) is 0 Å². The lowest BCUT2D eigenvalue weighted by molar-refractivity contribution is -0.106. The van der Waals surface area contributed by atoms with E-state index in [9.17, 15) is 0 Å². The molecule has 0 bridgehead atoms. The minimum absolute atomic E-state index is 0.218. The zero-order chi connectivity index (χ0) is 11.7. The van der Waals surface area contributed by atoms with Gasteiger partial charge in [-0.05, 0) is 55.4 Å². The van der Waals surface area contributed by atoms with Gasteiger partial charge in [-0.3, -0.25) is 0 Å². The van der Waals surface area contributed by atoms with E-state index in [4.69, 9.17) is 10.5 Å². The van der Waals surface area contributed by atoms with Crippen LogP contribution in [0.1, 0.15) is 44.9 Å². The molecule has 3 rings (SSSR count). The van der Waals surface area contributed by atoms with E-state index in [0.717, 1.165) is 18.4 Å². The van der Waals surface area contributed by atoms with Crippen LogP contribution in [0.4, 0.5) is 0 Å². The van der Waals surface area contributed by atoms with Gasteiger partial charge in [0.15, 0.2) is 0 Å². The summed E-state index contributed by atoms with van der Waals surface area (Å²) < 4.78 is 6.14. The van der Waals surface area contributed by atoms with Crippen molar-refractivity contribution in [1.82, 2.24) is 0 Å². The van der Waals surface area contributed by atoms with Gasteiger partial charge in [-0.25, -0.2) is 0 Å². The molecular weight excluding hydrogens is 230 g/mol. The lowest BCUT2D eigenvalue weighted by atomic mass is 9.78. The fourth-order valence-corrected chi connectivity index (χ4v) is 4.69. The molecule has 3 heteroatoms. The normalized spacial score (nSPS) is 34.8. The molecule has 1 spiro atoms. The van der Waals surface area contributed by atoms with Crippen molar-refractivity contribution in [2.75, 3.05) is 18.1 Å². The SMILES string of the molecule is NC(CC1CC1)C1CCOC2(CCSCC2)C1. The van der Waals surface area contributed by atoms with Crippen molar-refractivity contribution >= 4 is 11.8 Å². The van der Waals surface area contributed by atoms with E-state index in [0.29, 0.717) is 6.04 Å². The van der Waals surface area contributed by atoms with Crippen molar-refractivity contribution in [3.63, 3.8) is 0 Å². The second kappa shape index (κ2) is 5.10. The molecule has 2 heterocycles. The predicted octanol–water partition coefficient (Wildman–Crippen LogP) is 2.81. The van der Waals surface area contributed by atoms with Crippen molar-refractivity contribution in [2.24, 2.45) is 17.6 Å². The minimum atomic E-state index is 0.218. The van der Waals surface area contributed by atoms with Crippen LogP contribution in [0.25, 0.3) is 0 Å². The molecule has 2 aliphatic heterocycles. The lowest BCUT2D eigenvalue weighted by Gasteiger charge is -2.44. The second-order valence-corrected chi connectivity index (χ2v) is 7.46. The summed E-state index contributed by atoms with van der Waals surface area (Å²) in [7, 11) is 0. The number of hydrogen-bond acceptors (Lipinski definition) is 3. The zero-order valence-electron chi connectivity index (χ0n) is 10.7. The molecular formula is C14H25NOS. The van der Waals surface area contributed by atoms with E-state index in [2.05, 4.69) is 11.8 Å². The smallest absolute Gasteiger partial charge is 0.0701 e. The Bertz CT molecular complexity index is 255. The third-order valence-electron chi connectivity index (χ3n) is 4.84. The summed E-state index contributed by atoms with van der Waals surface area (Å²) in [5, 5.41) is 0. The van der Waals surface area contributed by atoms with E-state index in [1.807, 2.05) is 0 Å². The molecule has 0 amide bonds. The minimum Gasteiger partial charge on any atom is -0.375 e. The molecule has 2 unspecified atom stereocenters. The van der Waals surface area contributed by atoms with Crippen LogP contribution in [0.2, 0.25) is 0 Å². The average molecular weight is 255 g/mol. The maximum Gasteiger partial charge on any atom is 0.0701 e. The van der Waals surface area contributed by atoms with Gasteiger partial charge in [0.2, 0.25) is 0 Å². The molecule has 0 aromatic rings. The number of hydrogen-bond donors (Lipinski definition) is 1. The van der Waals surface area contributed by atoms with Crippen LogP contribution in [-0.2, 0) is 4.74 Å². The first-order valence-electron chi connectivity index (χ1n) is 7.25. The van der Waals surface area contributed by atoms with E-state index in [-0.39, 0.29) is 5.60 Å². The van der Waals surface area contributed by atoms with E-state index >= 15 is 0 Å². The van der Waals surface area contributed by atoms with Crippen LogP contribution in [0.15, 0.2) is 0 Å². The standard InChI is InChI=1S/C14H25NOS/c15-13(9-11-1-2-11)12-3-6-16-14(10-12)4-7-17-8-5-14/h11-13H,1-10,15H2. The van der Waals surface area contributed by atoms with E-state index in [1.165, 1.54) is 56.5 Å². The first-order valence-corrected chi connectivity index (χ1v) is 8.40. The average Bonchev–Trinajstić information content (AvgIpc) is 3.14. The highest BCUT2D eigenvalue weighted by molar-refractivity contribution is 7.99. The van der Waals surface area contributed by atoms with Crippen LogP contribution in [0.3, 0.4) is 0 Å². The van der Waals surface area contributed by atoms with Gasteiger partial charge in [-0.15, -0.1) is 0 Å². The second-order valence-electron chi connectivity index (χ2n) is 6.24. The maximum atomic E-state index is 6.42. The quantitative estimate of drug-likeness (QED) is 0.842. The van der Waals surface area contributed by atoms with E-state index in [1.54, 1.807) is 0 Å². The number of rotatable bonds is 3. The molecule has 98 valence electrons. The Kier molecular flexibility index (Phi) is 3.69. The zero-order valence-corrected chi connectivity index (χ0v) is 11.5. The van der Waals surface area contributed by atoms with Crippen molar-refractivity contribution in [1.29, 1.82) is 0 Å². The summed E-state index contributed by atoms with van der Waals surface area (Å²) in [6.45, 7) is 0.952. The van der Waals surface area contributed by atoms with Crippen molar-refractivity contribution < 1.29 is 4.74 Å². The Hall–Kier alpha value is 0.270. The van der Waals surface area contributed by atoms with E-state index < -0.39 is 0 Å². The molecule has 0 aromatic heterocycles. The Morgan fingerprint density at radius 3 is 2.71 bits per heavy atom. The van der Waals surface area contributed by atoms with Crippen LogP contribution >= 0.6 is 11.8 Å². The Balaban J connectivity index is 1.57. The van der Waals surface area contributed by atoms with Gasteiger partial charge in [0.25, 0.3) is 0 Å². The Labute approximate surface area is 109 Å². The molecule has 2 saturated heterocycles. The molecule has 2 nitrogen and oxygen atoms in total. The predicted molar refractivity (Wildman–Crippen MR) is 73.3 cm³/mol. The molecule has 17 heavy (non-hydrogen) atoms. The molecule has 0 aromatic carbocycles. The Morgan fingerprint density at radius 2 is 2.00 bits per heavy atom. The fraction of sp³-hybridized carbons (Fsp3) is 1.00. The summed E-state index contributed by atoms with van der Waals surface area (Å²) >= 11 is 2.08. The number of nitrogens with two attached hydrogens (primary N) is 1. The third-order valence-corrected chi connectivity index (χ3v) is 5.83. The molecule has 3 fully saturated rings. The van der Waals surface area contributed by atoms with Gasteiger partial charge in [0.05, 0.1) is 5.60 Å². The highest BCUT2D eigenvalue weighted by Gasteiger charge is 2.41. The molecule has 0 radical (unpaired) electrons. The molecule has 1 saturated carbocycles. The largest absolute Gasteiger partial charge is 0.375 e. The fourth-order valence-electron chi connectivity index (χ4n) is 3.45. The molecule has 2 atom stereocenters. The molecule has 2 N–H and O–H groups in total. The summed E-state index contributed by atoms with van der Waals surface area (Å²) in [6.07, 6.45) is 9.08. The topological polar surface area (TPSA) is 35.2 Å². The van der Waals surface area contributed by atoms with Gasteiger partial charge >= 0.3 is 0 Å². The van der Waals surface area contributed by atoms with Crippen LogP contribution in [0.5, 0.6) is 0 Å². The van der Waals surface area contributed by atoms with Gasteiger partial charge in [-0.2, -0.15) is 11.8 Å². The Morgan fingerprint density at radius 1 is 1.24 bits per heavy atom. The summed E-state index contributed by atoms with van der Waals surface area (Å²) in [5.74, 6) is 4.26. The van der Waals surface area contributed by atoms with Crippen LogP contribution in [-0.4, -0.2) is 29.8 Å². The highest BCUT2D eigenvalue weighted by Crippen LogP contribution is 2.42. The number of thioether (sulfide) groups is 1. The summed E-state index contributed by atoms with van der Waals surface area (Å²) in [4.78, 5) is 0. The van der Waals surface area contributed by atoms with Gasteiger partial charge in [-0.1, -0.05) is 12.8 Å². The van der Waals surface area contributed by atoms with Crippen LogP contribution < -0.4 is 5.73 Å². The molecule has 1 aliphatic carbocycles. The lowest BCUT2D eigenvalue weighted by Crippen LogP contribution is -2.47. The van der Waals surface area contributed by atoms with Crippen LogP contribution in [0, 0.1) is 11.8 Å². The monoisotopic (exact) mass is 255 g/mol. The van der Waals surface area contributed by atoms with Crippen molar-refractivity contribution in [3.05, 3.63) is 0 Å².